The minimum Gasteiger partial charge on any atom is -0.494 e. The van der Waals surface area contributed by atoms with Crippen LogP contribution in [0, 0.1) is 0 Å². The zero-order valence-electron chi connectivity index (χ0n) is 20.1. The van der Waals surface area contributed by atoms with Gasteiger partial charge in [0.2, 0.25) is 5.91 Å². The molecule has 0 spiro atoms. The highest BCUT2D eigenvalue weighted by atomic mass is 35.5. The van der Waals surface area contributed by atoms with Crippen LogP contribution in [0.2, 0.25) is 10.0 Å². The average molecular weight is 528 g/mol. The number of hydrogen-bond acceptors (Lipinski definition) is 5. The Balaban J connectivity index is 1.81. The molecule has 0 heterocycles. The summed E-state index contributed by atoms with van der Waals surface area (Å²) in [5, 5.41) is 3.72. The third-order valence-corrected chi connectivity index (χ3v) is 6.29. The van der Waals surface area contributed by atoms with Gasteiger partial charge < -0.3 is 27.3 Å². The number of hydrogen-bond donors (Lipinski definition) is 4. The Morgan fingerprint density at radius 3 is 2.61 bits per heavy atom. The monoisotopic (exact) mass is 527 g/mol. The zero-order chi connectivity index (χ0) is 26.1. The summed E-state index contributed by atoms with van der Waals surface area (Å²) in [6.07, 6.45) is 2.46. The molecule has 1 atom stereocenters. The van der Waals surface area contributed by atoms with Crippen molar-refractivity contribution in [2.45, 2.75) is 32.1 Å². The van der Waals surface area contributed by atoms with Crippen LogP contribution in [0.5, 0.6) is 5.75 Å². The van der Waals surface area contributed by atoms with E-state index in [9.17, 15) is 4.79 Å². The molecule has 3 rings (SSSR count). The number of nitrogens with two attached hydrogens (primary N) is 3. The Hall–Kier alpha value is -3.26. The molecule has 0 saturated carbocycles. The second-order valence-corrected chi connectivity index (χ2v) is 9.11. The summed E-state index contributed by atoms with van der Waals surface area (Å²) < 4.78 is 5.75. The molecule has 0 bridgehead atoms. The maximum atomic E-state index is 13.2. The Kier molecular flexibility index (Phi) is 9.99. The van der Waals surface area contributed by atoms with Crippen LogP contribution in [-0.2, 0) is 4.79 Å². The Morgan fingerprint density at radius 2 is 1.89 bits per heavy atom. The maximum absolute atomic E-state index is 13.2. The quantitative estimate of drug-likeness (QED) is 0.107. The molecule has 1 unspecified atom stereocenters. The fraction of sp³-hybridized carbons (Fsp3) is 0.259. The van der Waals surface area contributed by atoms with Gasteiger partial charge in [0.1, 0.15) is 11.6 Å². The molecule has 7 N–H and O–H groups in total. The van der Waals surface area contributed by atoms with Gasteiger partial charge in [0.15, 0.2) is 0 Å². The molecule has 0 fully saturated rings. The standard InChI is InChI=1S/C27H31Cl2N5O2/c1-2-3-13-36-20-6-4-5-18(15-20)33-26(32)22-16-19(8-10-25(22)31)34-27(35)21(11-12-30)17-7-9-23(28)24(29)14-17/h4-10,14-16,21H,2-3,11-13,30-31H2,1H3,(H2,32,33)(H,34,35). The fourth-order valence-corrected chi connectivity index (χ4v) is 3.91. The van der Waals surface area contributed by atoms with Crippen LogP contribution in [0.1, 0.15) is 43.2 Å². The molecule has 190 valence electrons. The summed E-state index contributed by atoms with van der Waals surface area (Å²) in [4.78, 5) is 17.7. The van der Waals surface area contributed by atoms with Crippen molar-refractivity contribution in [2.75, 3.05) is 24.2 Å². The van der Waals surface area contributed by atoms with Crippen LogP contribution in [-0.4, -0.2) is 24.9 Å². The second kappa shape index (κ2) is 13.2. The number of amides is 1. The van der Waals surface area contributed by atoms with Crippen LogP contribution in [0.25, 0.3) is 0 Å². The van der Waals surface area contributed by atoms with E-state index in [1.54, 1.807) is 36.4 Å². The topological polar surface area (TPSA) is 129 Å². The van der Waals surface area contributed by atoms with E-state index >= 15 is 0 Å². The van der Waals surface area contributed by atoms with Gasteiger partial charge in [-0.3, -0.25) is 4.79 Å². The minimum absolute atomic E-state index is 0.220. The Labute approximate surface area is 221 Å². The van der Waals surface area contributed by atoms with Crippen molar-refractivity contribution in [1.82, 2.24) is 0 Å². The summed E-state index contributed by atoms with van der Waals surface area (Å²) in [5.41, 5.74) is 21.1. The van der Waals surface area contributed by atoms with Crippen molar-refractivity contribution in [3.8, 4) is 5.75 Å². The van der Waals surface area contributed by atoms with E-state index < -0.39 is 5.92 Å². The first-order valence-corrected chi connectivity index (χ1v) is 12.5. The van der Waals surface area contributed by atoms with Gasteiger partial charge in [-0.15, -0.1) is 0 Å². The molecule has 0 aliphatic rings. The SMILES string of the molecule is CCCCOc1cccc(N=C(N)c2cc(NC(=O)C(CCN)c3ccc(Cl)c(Cl)c3)ccc2N)c1. The van der Waals surface area contributed by atoms with Crippen molar-refractivity contribution in [3.63, 3.8) is 0 Å². The molecule has 3 aromatic carbocycles. The van der Waals surface area contributed by atoms with E-state index in [1.165, 1.54) is 0 Å². The number of carbonyl (C=O) groups is 1. The van der Waals surface area contributed by atoms with Crippen LogP contribution >= 0.6 is 23.2 Å². The van der Waals surface area contributed by atoms with Crippen molar-refractivity contribution in [3.05, 3.63) is 81.8 Å². The first kappa shape index (κ1) is 27.3. The first-order chi connectivity index (χ1) is 17.3. The number of aliphatic imine (C=N–C) groups is 1. The van der Waals surface area contributed by atoms with Crippen LogP contribution in [0.15, 0.2) is 65.7 Å². The van der Waals surface area contributed by atoms with E-state index in [2.05, 4.69) is 17.2 Å². The highest BCUT2D eigenvalue weighted by Crippen LogP contribution is 2.29. The predicted octanol–water partition coefficient (Wildman–Crippen LogP) is 5.86. The lowest BCUT2D eigenvalue weighted by Crippen LogP contribution is -2.24. The van der Waals surface area contributed by atoms with E-state index in [0.29, 0.717) is 52.2 Å². The van der Waals surface area contributed by atoms with E-state index in [1.807, 2.05) is 24.3 Å². The molecule has 36 heavy (non-hydrogen) atoms. The summed E-state index contributed by atoms with van der Waals surface area (Å²) in [6, 6.07) is 17.6. The maximum Gasteiger partial charge on any atom is 0.231 e. The molecule has 0 aromatic heterocycles. The molecule has 7 nitrogen and oxygen atoms in total. The van der Waals surface area contributed by atoms with Gasteiger partial charge in [0.05, 0.1) is 28.3 Å². The third-order valence-electron chi connectivity index (χ3n) is 5.55. The van der Waals surface area contributed by atoms with E-state index in [0.717, 1.165) is 24.2 Å². The second-order valence-electron chi connectivity index (χ2n) is 8.29. The molecular formula is C27H31Cl2N5O2. The number of nitrogens with one attached hydrogen (secondary N) is 1. The molecule has 0 aliphatic heterocycles. The minimum atomic E-state index is -0.507. The first-order valence-electron chi connectivity index (χ1n) is 11.7. The normalized spacial score (nSPS) is 12.3. The molecule has 0 saturated heterocycles. The van der Waals surface area contributed by atoms with Crippen molar-refractivity contribution >= 4 is 52.0 Å². The molecule has 3 aromatic rings. The number of anilines is 2. The molecule has 1 amide bonds. The zero-order valence-corrected chi connectivity index (χ0v) is 21.6. The van der Waals surface area contributed by atoms with Crippen LogP contribution < -0.4 is 27.3 Å². The van der Waals surface area contributed by atoms with Gasteiger partial charge in [0.25, 0.3) is 0 Å². The van der Waals surface area contributed by atoms with E-state index in [-0.39, 0.29) is 11.7 Å². The smallest absolute Gasteiger partial charge is 0.231 e. The third kappa shape index (κ3) is 7.37. The lowest BCUT2D eigenvalue weighted by molar-refractivity contribution is -0.117. The summed E-state index contributed by atoms with van der Waals surface area (Å²) in [7, 11) is 0. The van der Waals surface area contributed by atoms with Gasteiger partial charge in [0, 0.05) is 23.0 Å². The predicted molar refractivity (Wildman–Crippen MR) is 150 cm³/mol. The number of halogens is 2. The average Bonchev–Trinajstić information content (AvgIpc) is 2.86. The number of nitrogen functional groups attached to an aromatic ring is 1. The van der Waals surface area contributed by atoms with Gasteiger partial charge in [-0.05, 0) is 67.4 Å². The lowest BCUT2D eigenvalue weighted by Gasteiger charge is -2.18. The number of unbranched alkanes of at least 4 members (excludes halogenated alkanes) is 1. The van der Waals surface area contributed by atoms with E-state index in [4.69, 9.17) is 45.1 Å². The van der Waals surface area contributed by atoms with Crippen molar-refractivity contribution in [2.24, 2.45) is 16.5 Å². The Bertz CT molecular complexity index is 1230. The molecular weight excluding hydrogens is 497 g/mol. The number of carbonyl (C=O) groups excluding carboxylic acids is 1. The van der Waals surface area contributed by atoms with Gasteiger partial charge in [-0.1, -0.05) is 48.7 Å². The van der Waals surface area contributed by atoms with Crippen molar-refractivity contribution < 1.29 is 9.53 Å². The van der Waals surface area contributed by atoms with Gasteiger partial charge in [-0.2, -0.15) is 0 Å². The Morgan fingerprint density at radius 1 is 1.08 bits per heavy atom. The number of rotatable bonds is 11. The summed E-state index contributed by atoms with van der Waals surface area (Å²) in [5.74, 6) is 0.200. The molecule has 9 heteroatoms. The lowest BCUT2D eigenvalue weighted by atomic mass is 9.94. The van der Waals surface area contributed by atoms with Crippen molar-refractivity contribution in [1.29, 1.82) is 0 Å². The number of amidine groups is 1. The number of ether oxygens (including phenoxy) is 1. The van der Waals surface area contributed by atoms with Gasteiger partial charge in [-0.25, -0.2) is 4.99 Å². The summed E-state index contributed by atoms with van der Waals surface area (Å²) in [6.45, 7) is 3.07. The fourth-order valence-electron chi connectivity index (χ4n) is 3.61. The van der Waals surface area contributed by atoms with Gasteiger partial charge >= 0.3 is 0 Å². The number of benzene rings is 3. The highest BCUT2D eigenvalue weighted by molar-refractivity contribution is 6.42. The largest absolute Gasteiger partial charge is 0.494 e. The highest BCUT2D eigenvalue weighted by Gasteiger charge is 2.21. The molecule has 0 radical (unpaired) electrons. The van der Waals surface area contributed by atoms with Crippen LogP contribution in [0.3, 0.4) is 0 Å². The molecule has 0 aliphatic carbocycles. The number of nitrogens with zero attached hydrogens (tertiary/aromatic N) is 1. The summed E-state index contributed by atoms with van der Waals surface area (Å²) >= 11 is 12.2. The van der Waals surface area contributed by atoms with Crippen LogP contribution in [0.4, 0.5) is 17.1 Å².